The molecule has 0 aromatic carbocycles. The molecule has 1 saturated carbocycles. The first-order valence-electron chi connectivity index (χ1n) is 3.54. The second kappa shape index (κ2) is 2.27. The van der Waals surface area contributed by atoms with Gasteiger partial charge in [-0.25, -0.2) is 0 Å². The summed E-state index contributed by atoms with van der Waals surface area (Å²) in [5.41, 5.74) is 5.39. The maximum absolute atomic E-state index is 8.75. The molecule has 0 unspecified atom stereocenters. The molecule has 9 heavy (non-hydrogen) atoms. The summed E-state index contributed by atoms with van der Waals surface area (Å²) >= 11 is 0. The van der Waals surface area contributed by atoms with Crippen molar-refractivity contribution in [3.63, 3.8) is 0 Å². The van der Waals surface area contributed by atoms with E-state index in [4.69, 9.17) is 10.8 Å². The van der Waals surface area contributed by atoms with Crippen LogP contribution in [0.25, 0.3) is 0 Å². The average molecular weight is 129 g/mol. The van der Waals surface area contributed by atoms with Crippen LogP contribution in [0.1, 0.15) is 26.2 Å². The molecular weight excluding hydrogens is 114 g/mol. The molecule has 2 nitrogen and oxygen atoms in total. The van der Waals surface area contributed by atoms with Gasteiger partial charge in [-0.3, -0.25) is 0 Å². The Hall–Kier alpha value is -0.0800. The Morgan fingerprint density at radius 1 is 1.67 bits per heavy atom. The molecule has 0 spiro atoms. The molecule has 0 heterocycles. The second-order valence-electron chi connectivity index (χ2n) is 3.46. The first-order chi connectivity index (χ1) is 4.14. The van der Waals surface area contributed by atoms with E-state index in [2.05, 4.69) is 0 Å². The van der Waals surface area contributed by atoms with Crippen LogP contribution in [0.2, 0.25) is 0 Å². The predicted molar refractivity (Wildman–Crippen MR) is 37.0 cm³/mol. The summed E-state index contributed by atoms with van der Waals surface area (Å²) < 4.78 is 0. The van der Waals surface area contributed by atoms with Crippen LogP contribution >= 0.6 is 0 Å². The van der Waals surface area contributed by atoms with Crippen LogP contribution < -0.4 is 5.73 Å². The zero-order valence-corrected chi connectivity index (χ0v) is 5.93. The monoisotopic (exact) mass is 129 g/mol. The van der Waals surface area contributed by atoms with Gasteiger partial charge in [0.25, 0.3) is 0 Å². The first kappa shape index (κ1) is 7.03. The van der Waals surface area contributed by atoms with Crippen LogP contribution in [0, 0.1) is 5.92 Å². The normalized spacial score (nSPS) is 25.7. The van der Waals surface area contributed by atoms with Gasteiger partial charge >= 0.3 is 0 Å². The number of nitrogens with two attached hydrogens (primary N) is 1. The van der Waals surface area contributed by atoms with Gasteiger partial charge in [0.1, 0.15) is 0 Å². The lowest BCUT2D eigenvalue weighted by Gasteiger charge is -2.20. The zero-order valence-electron chi connectivity index (χ0n) is 5.93. The average Bonchev–Trinajstić information content (AvgIpc) is 2.50. The molecule has 0 bridgehead atoms. The standard InChI is InChI=1S/C7H15NO/c1-7(8,5-9)4-6-2-3-6/h6,9H,2-5,8H2,1H3/t7-/m1/s1. The van der Waals surface area contributed by atoms with Gasteiger partial charge in [-0.2, -0.15) is 0 Å². The molecule has 1 rings (SSSR count). The van der Waals surface area contributed by atoms with Gasteiger partial charge in [0.15, 0.2) is 0 Å². The van der Waals surface area contributed by atoms with Crippen LogP contribution in [0.5, 0.6) is 0 Å². The summed E-state index contributed by atoms with van der Waals surface area (Å²) in [5.74, 6) is 0.812. The van der Waals surface area contributed by atoms with E-state index in [1.54, 1.807) is 0 Å². The molecule has 1 aliphatic carbocycles. The number of aliphatic hydroxyl groups excluding tert-OH is 1. The Bertz CT molecular complexity index is 97.1. The van der Waals surface area contributed by atoms with Crippen molar-refractivity contribution < 1.29 is 5.11 Å². The van der Waals surface area contributed by atoms with Crippen LogP contribution in [0.3, 0.4) is 0 Å². The third-order valence-corrected chi connectivity index (χ3v) is 1.81. The van der Waals surface area contributed by atoms with Gasteiger partial charge in [-0.1, -0.05) is 12.8 Å². The molecule has 0 amide bonds. The van der Waals surface area contributed by atoms with Crippen molar-refractivity contribution in [1.82, 2.24) is 0 Å². The Labute approximate surface area is 56.1 Å². The third-order valence-electron chi connectivity index (χ3n) is 1.81. The summed E-state index contributed by atoms with van der Waals surface area (Å²) in [4.78, 5) is 0. The molecule has 1 aliphatic rings. The van der Waals surface area contributed by atoms with Crippen LogP contribution in [-0.2, 0) is 0 Å². The molecule has 3 N–H and O–H groups in total. The molecule has 1 atom stereocenters. The minimum atomic E-state index is -0.318. The van der Waals surface area contributed by atoms with Crippen molar-refractivity contribution in [2.24, 2.45) is 11.7 Å². The molecule has 0 aromatic heterocycles. The van der Waals surface area contributed by atoms with Gasteiger partial charge in [-0.15, -0.1) is 0 Å². The lowest BCUT2D eigenvalue weighted by molar-refractivity contribution is 0.195. The van der Waals surface area contributed by atoms with E-state index in [0.29, 0.717) is 0 Å². The van der Waals surface area contributed by atoms with Crippen molar-refractivity contribution >= 4 is 0 Å². The molecule has 0 saturated heterocycles. The lowest BCUT2D eigenvalue weighted by atomic mass is 9.98. The summed E-state index contributed by atoms with van der Waals surface area (Å²) in [5, 5.41) is 8.75. The maximum atomic E-state index is 8.75. The van der Waals surface area contributed by atoms with Crippen LogP contribution in [-0.4, -0.2) is 17.3 Å². The Kier molecular flexibility index (Phi) is 1.78. The number of aliphatic hydroxyl groups is 1. The number of rotatable bonds is 3. The molecular formula is C7H15NO. The van der Waals surface area contributed by atoms with Crippen LogP contribution in [0.4, 0.5) is 0 Å². The summed E-state index contributed by atoms with van der Waals surface area (Å²) in [7, 11) is 0. The number of hydrogen-bond acceptors (Lipinski definition) is 2. The highest BCUT2D eigenvalue weighted by molar-refractivity contribution is 4.86. The van der Waals surface area contributed by atoms with E-state index in [1.807, 2.05) is 6.92 Å². The summed E-state index contributed by atoms with van der Waals surface area (Å²) in [6, 6.07) is 0. The second-order valence-corrected chi connectivity index (χ2v) is 3.46. The van der Waals surface area contributed by atoms with Gasteiger partial charge in [0.05, 0.1) is 6.61 Å². The zero-order chi connectivity index (χ0) is 6.91. The highest BCUT2D eigenvalue weighted by atomic mass is 16.3. The molecule has 1 fully saturated rings. The van der Waals surface area contributed by atoms with Crippen molar-refractivity contribution in [1.29, 1.82) is 0 Å². The Balaban J connectivity index is 2.21. The fourth-order valence-corrected chi connectivity index (χ4v) is 1.05. The van der Waals surface area contributed by atoms with E-state index in [9.17, 15) is 0 Å². The largest absolute Gasteiger partial charge is 0.394 e. The van der Waals surface area contributed by atoms with Crippen molar-refractivity contribution in [3.05, 3.63) is 0 Å². The fraction of sp³-hybridized carbons (Fsp3) is 1.00. The maximum Gasteiger partial charge on any atom is 0.0608 e. The van der Waals surface area contributed by atoms with Gasteiger partial charge in [0, 0.05) is 5.54 Å². The van der Waals surface area contributed by atoms with E-state index < -0.39 is 0 Å². The first-order valence-corrected chi connectivity index (χ1v) is 3.54. The molecule has 2 heteroatoms. The van der Waals surface area contributed by atoms with Gasteiger partial charge in [-0.05, 0) is 19.3 Å². The van der Waals surface area contributed by atoms with Crippen molar-refractivity contribution in [3.8, 4) is 0 Å². The minimum absolute atomic E-state index is 0.115. The van der Waals surface area contributed by atoms with E-state index in [0.717, 1.165) is 12.3 Å². The molecule has 0 aliphatic heterocycles. The fourth-order valence-electron chi connectivity index (χ4n) is 1.05. The Morgan fingerprint density at radius 2 is 2.22 bits per heavy atom. The quantitative estimate of drug-likeness (QED) is 0.582. The van der Waals surface area contributed by atoms with Gasteiger partial charge in [0.2, 0.25) is 0 Å². The topological polar surface area (TPSA) is 46.2 Å². The summed E-state index contributed by atoms with van der Waals surface area (Å²) in [6.45, 7) is 2.02. The van der Waals surface area contributed by atoms with E-state index in [-0.39, 0.29) is 12.1 Å². The minimum Gasteiger partial charge on any atom is -0.394 e. The summed E-state index contributed by atoms with van der Waals surface area (Å²) in [6.07, 6.45) is 3.61. The molecule has 0 aromatic rings. The lowest BCUT2D eigenvalue weighted by Crippen LogP contribution is -2.40. The Morgan fingerprint density at radius 3 is 2.56 bits per heavy atom. The highest BCUT2D eigenvalue weighted by Gasteiger charge is 2.29. The van der Waals surface area contributed by atoms with Gasteiger partial charge < -0.3 is 10.8 Å². The SMILES string of the molecule is C[C@](N)(CO)CC1CC1. The predicted octanol–water partition coefficient (Wildman–Crippen LogP) is 0.496. The molecule has 0 radical (unpaired) electrons. The van der Waals surface area contributed by atoms with E-state index in [1.165, 1.54) is 12.8 Å². The highest BCUT2D eigenvalue weighted by Crippen LogP contribution is 2.35. The van der Waals surface area contributed by atoms with E-state index >= 15 is 0 Å². The van der Waals surface area contributed by atoms with Crippen molar-refractivity contribution in [2.45, 2.75) is 31.7 Å². The van der Waals surface area contributed by atoms with Crippen LogP contribution in [0.15, 0.2) is 0 Å². The third kappa shape index (κ3) is 2.33. The number of hydrogen-bond donors (Lipinski definition) is 2. The van der Waals surface area contributed by atoms with Crippen molar-refractivity contribution in [2.75, 3.05) is 6.61 Å². The smallest absolute Gasteiger partial charge is 0.0608 e. The molecule has 54 valence electrons.